The molecule has 8 heteroatoms. The number of hydrogen-bond acceptors (Lipinski definition) is 3. The van der Waals surface area contributed by atoms with E-state index < -0.39 is 43.1 Å². The first kappa shape index (κ1) is 13.8. The number of carboxylic acid groups (broad SMARTS) is 1. The minimum absolute atomic E-state index is 0.455. The lowest BCUT2D eigenvalue weighted by Crippen LogP contribution is -2.49. The summed E-state index contributed by atoms with van der Waals surface area (Å²) in [7, 11) is 0. The summed E-state index contributed by atoms with van der Waals surface area (Å²) in [5.74, 6) is -2.26. The molecule has 1 aliphatic carbocycles. The summed E-state index contributed by atoms with van der Waals surface area (Å²) in [6, 6.07) is -1.88. The maximum absolute atomic E-state index is 12.2. The summed E-state index contributed by atoms with van der Waals surface area (Å²) in [5.41, 5.74) is 5.26. The van der Waals surface area contributed by atoms with Gasteiger partial charge in [0, 0.05) is 6.04 Å². The van der Waals surface area contributed by atoms with Crippen molar-refractivity contribution in [1.29, 1.82) is 0 Å². The van der Waals surface area contributed by atoms with Gasteiger partial charge >= 0.3 is 12.1 Å². The molecular weight excluding hydrogens is 241 g/mol. The number of amides is 1. The second-order valence-electron chi connectivity index (χ2n) is 4.02. The van der Waals surface area contributed by atoms with Crippen molar-refractivity contribution in [2.45, 2.75) is 37.5 Å². The van der Waals surface area contributed by atoms with E-state index in [2.05, 4.69) is 0 Å². The number of aliphatic carboxylic acids is 1. The van der Waals surface area contributed by atoms with Crippen molar-refractivity contribution in [2.75, 3.05) is 6.54 Å². The molecule has 1 fully saturated rings. The zero-order valence-corrected chi connectivity index (χ0v) is 8.91. The normalized spacial score (nSPS) is 17.6. The van der Waals surface area contributed by atoms with Crippen molar-refractivity contribution in [3.63, 3.8) is 0 Å². The molecule has 98 valence electrons. The summed E-state index contributed by atoms with van der Waals surface area (Å²) in [6.07, 6.45) is -4.16. The Morgan fingerprint density at radius 2 is 1.94 bits per heavy atom. The summed E-state index contributed by atoms with van der Waals surface area (Å²) in [5, 5.41) is 8.43. The quantitative estimate of drug-likeness (QED) is 0.741. The van der Waals surface area contributed by atoms with E-state index in [1.165, 1.54) is 0 Å². The number of carbonyl (C=O) groups excluding carboxylic acids is 1. The summed E-state index contributed by atoms with van der Waals surface area (Å²) in [6.45, 7) is -1.37. The Hall–Kier alpha value is -1.31. The zero-order chi connectivity index (χ0) is 13.2. The van der Waals surface area contributed by atoms with Crippen LogP contribution in [0.2, 0.25) is 0 Å². The van der Waals surface area contributed by atoms with Crippen LogP contribution in [0.4, 0.5) is 13.2 Å². The first-order valence-electron chi connectivity index (χ1n) is 5.05. The molecule has 3 N–H and O–H groups in total. The van der Waals surface area contributed by atoms with E-state index in [1.807, 2.05) is 0 Å². The van der Waals surface area contributed by atoms with Crippen molar-refractivity contribution in [3.8, 4) is 0 Å². The van der Waals surface area contributed by atoms with Gasteiger partial charge < -0.3 is 15.7 Å². The number of halogens is 3. The van der Waals surface area contributed by atoms with E-state index in [0.717, 1.165) is 0 Å². The number of carboxylic acids is 1. The maximum atomic E-state index is 12.2. The van der Waals surface area contributed by atoms with E-state index in [9.17, 15) is 22.8 Å². The lowest BCUT2D eigenvalue weighted by atomic mass is 10.2. The summed E-state index contributed by atoms with van der Waals surface area (Å²) >= 11 is 0. The molecule has 1 amide bonds. The molecule has 1 rings (SSSR count). The van der Waals surface area contributed by atoms with Crippen LogP contribution in [0.15, 0.2) is 0 Å². The Balaban J connectivity index is 2.63. The molecule has 0 aliphatic heterocycles. The molecule has 0 radical (unpaired) electrons. The van der Waals surface area contributed by atoms with Gasteiger partial charge in [0.25, 0.3) is 0 Å². The van der Waals surface area contributed by atoms with Gasteiger partial charge in [-0.2, -0.15) is 13.2 Å². The van der Waals surface area contributed by atoms with Crippen molar-refractivity contribution in [1.82, 2.24) is 4.90 Å². The van der Waals surface area contributed by atoms with Crippen molar-refractivity contribution in [2.24, 2.45) is 5.73 Å². The fourth-order valence-corrected chi connectivity index (χ4v) is 1.45. The Morgan fingerprint density at radius 1 is 1.41 bits per heavy atom. The van der Waals surface area contributed by atoms with Crippen LogP contribution >= 0.6 is 0 Å². The highest BCUT2D eigenvalue weighted by molar-refractivity contribution is 5.86. The number of carbonyl (C=O) groups is 2. The van der Waals surface area contributed by atoms with E-state index in [-0.39, 0.29) is 0 Å². The van der Waals surface area contributed by atoms with Gasteiger partial charge in [0.2, 0.25) is 5.91 Å². The van der Waals surface area contributed by atoms with Crippen LogP contribution < -0.4 is 5.73 Å². The van der Waals surface area contributed by atoms with Gasteiger partial charge in [-0.3, -0.25) is 9.59 Å². The van der Waals surface area contributed by atoms with Gasteiger partial charge in [0.05, 0.1) is 12.5 Å². The molecule has 0 saturated heterocycles. The van der Waals surface area contributed by atoms with Gasteiger partial charge in [0.1, 0.15) is 6.54 Å². The highest BCUT2D eigenvalue weighted by atomic mass is 19.4. The number of nitrogens with two attached hydrogens (primary N) is 1. The van der Waals surface area contributed by atoms with Gasteiger partial charge in [-0.05, 0) is 12.8 Å². The molecule has 1 saturated carbocycles. The van der Waals surface area contributed by atoms with Crippen LogP contribution in [-0.2, 0) is 9.59 Å². The molecule has 1 aliphatic rings. The van der Waals surface area contributed by atoms with Crippen molar-refractivity contribution < 1.29 is 27.9 Å². The topological polar surface area (TPSA) is 83.6 Å². The molecule has 0 aromatic carbocycles. The number of hydrogen-bond donors (Lipinski definition) is 2. The Bertz CT molecular complexity index is 315. The first-order valence-corrected chi connectivity index (χ1v) is 5.05. The molecule has 0 aromatic rings. The second-order valence-corrected chi connectivity index (χ2v) is 4.02. The zero-order valence-electron chi connectivity index (χ0n) is 8.91. The Kier molecular flexibility index (Phi) is 3.97. The molecule has 0 heterocycles. The van der Waals surface area contributed by atoms with E-state index in [4.69, 9.17) is 10.8 Å². The summed E-state index contributed by atoms with van der Waals surface area (Å²) in [4.78, 5) is 22.5. The number of alkyl halides is 3. The van der Waals surface area contributed by atoms with Crippen LogP contribution in [0.25, 0.3) is 0 Å². The average Bonchev–Trinajstić information content (AvgIpc) is 2.93. The van der Waals surface area contributed by atoms with Crippen LogP contribution in [0, 0.1) is 0 Å². The maximum Gasteiger partial charge on any atom is 0.406 e. The third-order valence-corrected chi connectivity index (χ3v) is 2.33. The molecule has 1 unspecified atom stereocenters. The van der Waals surface area contributed by atoms with Crippen LogP contribution in [-0.4, -0.2) is 46.7 Å². The lowest BCUT2D eigenvalue weighted by Gasteiger charge is -2.26. The minimum atomic E-state index is -4.50. The smallest absolute Gasteiger partial charge is 0.406 e. The average molecular weight is 254 g/mol. The van der Waals surface area contributed by atoms with Gasteiger partial charge in [-0.15, -0.1) is 0 Å². The minimum Gasteiger partial charge on any atom is -0.481 e. The predicted molar refractivity (Wildman–Crippen MR) is 51.0 cm³/mol. The largest absolute Gasteiger partial charge is 0.481 e. The summed E-state index contributed by atoms with van der Waals surface area (Å²) < 4.78 is 36.7. The highest BCUT2D eigenvalue weighted by Crippen LogP contribution is 2.30. The predicted octanol–water partition coefficient (Wildman–Crippen LogP) is 0.342. The molecule has 1 atom stereocenters. The second kappa shape index (κ2) is 4.91. The van der Waals surface area contributed by atoms with Crippen LogP contribution in [0.5, 0.6) is 0 Å². The van der Waals surface area contributed by atoms with Crippen LogP contribution in [0.1, 0.15) is 19.3 Å². The molecule has 17 heavy (non-hydrogen) atoms. The standard InChI is InChI=1S/C9H13F3N2O3/c10-9(11,12)4-14(5-1-2-5)8(17)6(13)3-7(15)16/h5-6H,1-4,13H2,(H,15,16). The SMILES string of the molecule is NC(CC(=O)O)C(=O)N(CC(F)(F)F)C1CC1. The fourth-order valence-electron chi connectivity index (χ4n) is 1.45. The monoisotopic (exact) mass is 254 g/mol. The van der Waals surface area contributed by atoms with E-state index >= 15 is 0 Å². The van der Waals surface area contributed by atoms with Gasteiger partial charge in [0.15, 0.2) is 0 Å². The molecular formula is C9H13F3N2O3. The van der Waals surface area contributed by atoms with Crippen molar-refractivity contribution >= 4 is 11.9 Å². The van der Waals surface area contributed by atoms with Gasteiger partial charge in [-0.25, -0.2) is 0 Å². The third kappa shape index (κ3) is 4.59. The number of rotatable bonds is 5. The Morgan fingerprint density at radius 3 is 2.29 bits per heavy atom. The van der Waals surface area contributed by atoms with Crippen molar-refractivity contribution in [3.05, 3.63) is 0 Å². The lowest BCUT2D eigenvalue weighted by molar-refractivity contribution is -0.163. The Labute approximate surface area is 95.4 Å². The first-order chi connectivity index (χ1) is 7.70. The highest BCUT2D eigenvalue weighted by Gasteiger charge is 2.42. The number of nitrogens with zero attached hydrogens (tertiary/aromatic N) is 1. The van der Waals surface area contributed by atoms with Gasteiger partial charge in [-0.1, -0.05) is 0 Å². The fraction of sp³-hybridized carbons (Fsp3) is 0.778. The molecule has 0 bridgehead atoms. The third-order valence-electron chi connectivity index (χ3n) is 2.33. The van der Waals surface area contributed by atoms with E-state index in [0.29, 0.717) is 17.7 Å². The molecule has 0 spiro atoms. The molecule has 5 nitrogen and oxygen atoms in total. The van der Waals surface area contributed by atoms with E-state index in [1.54, 1.807) is 0 Å². The molecule has 0 aromatic heterocycles. The van der Waals surface area contributed by atoms with Crippen LogP contribution in [0.3, 0.4) is 0 Å².